The van der Waals surface area contributed by atoms with Crippen molar-refractivity contribution in [2.75, 3.05) is 25.1 Å². The molecule has 0 radical (unpaired) electrons. The van der Waals surface area contributed by atoms with E-state index in [1.165, 1.54) is 6.07 Å². The van der Waals surface area contributed by atoms with Crippen molar-refractivity contribution in [1.29, 1.82) is 0 Å². The zero-order valence-electron chi connectivity index (χ0n) is 21.2. The number of benzene rings is 2. The SMILES string of the molecule is CCOC(=O)C1=C(Nc2ccccc2)S/C(=C\c2ccc(OCC3CC3CN)c(O)c2)C1=O.O=C(O)C(F)(F)F. The lowest BCUT2D eigenvalue weighted by Crippen LogP contribution is -2.21. The molecule has 214 valence electrons. The molecule has 9 nitrogen and oxygen atoms in total. The maximum absolute atomic E-state index is 13.0. The largest absolute Gasteiger partial charge is 0.504 e. The highest BCUT2D eigenvalue weighted by atomic mass is 32.2. The van der Waals surface area contributed by atoms with Crippen LogP contribution in [0.5, 0.6) is 11.5 Å². The van der Waals surface area contributed by atoms with Crippen molar-refractivity contribution in [2.24, 2.45) is 17.6 Å². The Bertz CT molecular complexity index is 1310. The van der Waals surface area contributed by atoms with E-state index in [-0.39, 0.29) is 17.9 Å². The number of allylic oxidation sites excluding steroid dienone is 1. The summed E-state index contributed by atoms with van der Waals surface area (Å²) in [4.78, 5) is 34.8. The number of alkyl halides is 3. The van der Waals surface area contributed by atoms with Gasteiger partial charge in [0.15, 0.2) is 11.5 Å². The summed E-state index contributed by atoms with van der Waals surface area (Å²) >= 11 is 1.16. The molecule has 1 heterocycles. The molecule has 4 rings (SSSR count). The van der Waals surface area contributed by atoms with E-state index in [9.17, 15) is 27.9 Å². The molecule has 0 bridgehead atoms. The zero-order valence-corrected chi connectivity index (χ0v) is 22.1. The van der Waals surface area contributed by atoms with Crippen molar-refractivity contribution < 1.29 is 47.2 Å². The third kappa shape index (κ3) is 8.26. The number of ketones is 1. The first-order valence-electron chi connectivity index (χ1n) is 12.1. The minimum Gasteiger partial charge on any atom is -0.504 e. The first kappa shape index (κ1) is 30.6. The zero-order chi connectivity index (χ0) is 29.4. The number of hydrogen-bond donors (Lipinski definition) is 4. The van der Waals surface area contributed by atoms with Crippen molar-refractivity contribution in [3.8, 4) is 11.5 Å². The van der Waals surface area contributed by atoms with Crippen LogP contribution in [0.15, 0.2) is 64.0 Å². The minimum atomic E-state index is -5.08. The fraction of sp³-hybridized carbons (Fsp3) is 0.296. The van der Waals surface area contributed by atoms with Crippen LogP contribution in [0.1, 0.15) is 18.9 Å². The summed E-state index contributed by atoms with van der Waals surface area (Å²) in [6, 6.07) is 14.3. The molecule has 1 aliphatic carbocycles. The van der Waals surface area contributed by atoms with E-state index in [0.29, 0.717) is 46.2 Å². The predicted octanol–water partition coefficient (Wildman–Crippen LogP) is 4.54. The number of carboxylic acids is 1. The Morgan fingerprint density at radius 1 is 1.18 bits per heavy atom. The van der Waals surface area contributed by atoms with Crippen LogP contribution < -0.4 is 15.8 Å². The Balaban J connectivity index is 0.000000559. The van der Waals surface area contributed by atoms with Crippen LogP contribution in [0.3, 0.4) is 0 Å². The van der Waals surface area contributed by atoms with Crippen LogP contribution in [-0.2, 0) is 19.1 Å². The monoisotopic (exact) mass is 580 g/mol. The number of hydrogen-bond acceptors (Lipinski definition) is 9. The summed E-state index contributed by atoms with van der Waals surface area (Å²) in [6.45, 7) is 3.03. The van der Waals surface area contributed by atoms with Crippen molar-refractivity contribution in [3.05, 3.63) is 69.6 Å². The smallest absolute Gasteiger partial charge is 0.490 e. The van der Waals surface area contributed by atoms with Gasteiger partial charge in [-0.25, -0.2) is 9.59 Å². The van der Waals surface area contributed by atoms with Gasteiger partial charge in [0.25, 0.3) is 0 Å². The summed E-state index contributed by atoms with van der Waals surface area (Å²) in [6.07, 6.45) is -2.39. The summed E-state index contributed by atoms with van der Waals surface area (Å²) in [7, 11) is 0. The van der Waals surface area contributed by atoms with Crippen molar-refractivity contribution in [2.45, 2.75) is 19.5 Å². The first-order chi connectivity index (χ1) is 18.9. The summed E-state index contributed by atoms with van der Waals surface area (Å²) < 4.78 is 42.6. The topological polar surface area (TPSA) is 148 Å². The number of nitrogens with one attached hydrogen (secondary N) is 1. The van der Waals surface area contributed by atoms with E-state index in [0.717, 1.165) is 23.9 Å². The average Bonchev–Trinajstić information content (AvgIpc) is 3.60. The van der Waals surface area contributed by atoms with Crippen molar-refractivity contribution in [1.82, 2.24) is 0 Å². The van der Waals surface area contributed by atoms with E-state index < -0.39 is 23.9 Å². The Kier molecular flexibility index (Phi) is 10.2. The molecule has 2 unspecified atom stereocenters. The number of carboxylic acid groups (broad SMARTS) is 1. The lowest BCUT2D eigenvalue weighted by molar-refractivity contribution is -0.192. The van der Waals surface area contributed by atoms with E-state index >= 15 is 0 Å². The number of para-hydroxylation sites is 1. The van der Waals surface area contributed by atoms with E-state index in [1.807, 2.05) is 30.3 Å². The molecule has 2 aromatic carbocycles. The molecule has 0 amide bonds. The highest BCUT2D eigenvalue weighted by Gasteiger charge is 2.38. The Hall–Kier alpha value is -3.97. The summed E-state index contributed by atoms with van der Waals surface area (Å²) in [5.74, 6) is -2.52. The van der Waals surface area contributed by atoms with Gasteiger partial charge in [0.05, 0.1) is 23.1 Å². The molecule has 2 aromatic rings. The average molecular weight is 581 g/mol. The lowest BCUT2D eigenvalue weighted by Gasteiger charge is -2.09. The highest BCUT2D eigenvalue weighted by Crippen LogP contribution is 2.41. The molecular weight excluding hydrogens is 553 g/mol. The Morgan fingerprint density at radius 3 is 2.40 bits per heavy atom. The fourth-order valence-electron chi connectivity index (χ4n) is 3.56. The quantitative estimate of drug-likeness (QED) is 0.189. The van der Waals surface area contributed by atoms with Gasteiger partial charge in [-0.15, -0.1) is 0 Å². The van der Waals surface area contributed by atoms with Gasteiger partial charge in [-0.2, -0.15) is 13.2 Å². The second-order valence-electron chi connectivity index (χ2n) is 8.69. The molecule has 13 heteroatoms. The highest BCUT2D eigenvalue weighted by molar-refractivity contribution is 8.08. The second-order valence-corrected chi connectivity index (χ2v) is 9.74. The van der Waals surface area contributed by atoms with Gasteiger partial charge >= 0.3 is 18.1 Å². The van der Waals surface area contributed by atoms with E-state index in [1.54, 1.807) is 25.1 Å². The molecule has 5 N–H and O–H groups in total. The minimum absolute atomic E-state index is 0.00838. The number of Topliss-reactive ketones (excluding diaryl/α,β-unsaturated/α-hetero) is 1. The molecule has 1 saturated carbocycles. The van der Waals surface area contributed by atoms with Gasteiger partial charge < -0.3 is 30.7 Å². The number of phenols is 1. The van der Waals surface area contributed by atoms with Gasteiger partial charge in [-0.05, 0) is 67.6 Å². The molecule has 2 atom stereocenters. The number of anilines is 1. The Morgan fingerprint density at radius 2 is 1.85 bits per heavy atom. The lowest BCUT2D eigenvalue weighted by atomic mass is 10.1. The fourth-order valence-corrected chi connectivity index (χ4v) is 4.61. The van der Waals surface area contributed by atoms with Crippen molar-refractivity contribution in [3.63, 3.8) is 0 Å². The number of halogens is 3. The van der Waals surface area contributed by atoms with Crippen LogP contribution >= 0.6 is 11.8 Å². The van der Waals surface area contributed by atoms with Gasteiger partial charge in [-0.3, -0.25) is 4.79 Å². The van der Waals surface area contributed by atoms with Gasteiger partial charge in [0.1, 0.15) is 5.57 Å². The van der Waals surface area contributed by atoms with Crippen LogP contribution in [0.2, 0.25) is 0 Å². The second kappa shape index (κ2) is 13.4. The van der Waals surface area contributed by atoms with Gasteiger partial charge in [0.2, 0.25) is 5.78 Å². The maximum Gasteiger partial charge on any atom is 0.490 e. The van der Waals surface area contributed by atoms with Crippen LogP contribution in [0.25, 0.3) is 6.08 Å². The summed E-state index contributed by atoms with van der Waals surface area (Å²) in [5, 5.41) is 21.1. The van der Waals surface area contributed by atoms with Crippen molar-refractivity contribution >= 4 is 41.2 Å². The third-order valence-corrected chi connectivity index (χ3v) is 6.78. The molecule has 1 aliphatic heterocycles. The standard InChI is InChI=1S/C25H26N2O5S.C2HF3O2/c1-2-31-25(30)22-23(29)21(33-24(22)27-18-6-4-3-5-7-18)11-15-8-9-20(19(28)10-15)32-14-17-12-16(17)13-26;3-2(4,5)1(6)7/h3-11,16-17,27-28H,2,12-14,26H2,1H3;(H,6,7)/b21-11-;. The molecule has 0 spiro atoms. The van der Waals surface area contributed by atoms with Crippen LogP contribution in [0.4, 0.5) is 18.9 Å². The first-order valence-corrected chi connectivity index (χ1v) is 12.9. The Labute approximate surface area is 231 Å². The number of ether oxygens (including phenoxy) is 2. The van der Waals surface area contributed by atoms with Gasteiger partial charge in [-0.1, -0.05) is 36.0 Å². The van der Waals surface area contributed by atoms with E-state index in [4.69, 9.17) is 25.1 Å². The number of carbonyl (C=O) groups is 3. The molecule has 2 aliphatic rings. The third-order valence-electron chi connectivity index (χ3n) is 5.75. The number of esters is 1. The number of phenolic OH excluding ortho intramolecular Hbond substituents is 1. The number of aromatic hydroxyl groups is 1. The molecular formula is C27H27F3N2O7S. The molecule has 0 saturated heterocycles. The number of aliphatic carboxylic acids is 1. The molecule has 40 heavy (non-hydrogen) atoms. The molecule has 0 aromatic heterocycles. The number of thioether (sulfide) groups is 1. The maximum atomic E-state index is 13.0. The van der Waals surface area contributed by atoms with Gasteiger partial charge in [0, 0.05) is 5.69 Å². The molecule has 1 fully saturated rings. The normalized spacial score (nSPS) is 19.1. The predicted molar refractivity (Wildman–Crippen MR) is 142 cm³/mol. The van der Waals surface area contributed by atoms with Crippen LogP contribution in [0, 0.1) is 11.8 Å². The number of nitrogens with two attached hydrogens (primary N) is 1. The summed E-state index contributed by atoms with van der Waals surface area (Å²) in [5.41, 5.74) is 6.99. The van der Waals surface area contributed by atoms with E-state index in [2.05, 4.69) is 5.32 Å². The number of carbonyl (C=O) groups excluding carboxylic acids is 2. The number of rotatable bonds is 9. The van der Waals surface area contributed by atoms with Crippen LogP contribution in [-0.4, -0.2) is 53.9 Å².